The zero-order valence-electron chi connectivity index (χ0n) is 13.8. The molecule has 0 fully saturated rings. The van der Waals surface area contributed by atoms with Crippen molar-refractivity contribution < 1.29 is 14.3 Å². The number of hydrogen-bond donors (Lipinski definition) is 2. The number of benzene rings is 2. The SMILES string of the molecule is CC(=O)Nc1ccc(OCC(=O)NC(C)c2ccc(Cl)cc2Cl)cc1. The molecule has 0 radical (unpaired) electrons. The van der Waals surface area contributed by atoms with Gasteiger partial charge in [-0.05, 0) is 48.9 Å². The van der Waals surface area contributed by atoms with Crippen molar-refractivity contribution in [2.45, 2.75) is 19.9 Å². The molecule has 0 aliphatic heterocycles. The number of ether oxygens (including phenoxy) is 1. The number of hydrogen-bond acceptors (Lipinski definition) is 3. The quantitative estimate of drug-likeness (QED) is 0.788. The molecule has 2 N–H and O–H groups in total. The number of amides is 2. The summed E-state index contributed by atoms with van der Waals surface area (Å²) in [6.07, 6.45) is 0. The first kappa shape index (κ1) is 19.1. The second kappa shape index (κ2) is 8.74. The molecule has 132 valence electrons. The Morgan fingerprint density at radius 3 is 2.40 bits per heavy atom. The summed E-state index contributed by atoms with van der Waals surface area (Å²) in [7, 11) is 0. The van der Waals surface area contributed by atoms with E-state index in [-0.39, 0.29) is 24.5 Å². The Morgan fingerprint density at radius 2 is 1.80 bits per heavy atom. The van der Waals surface area contributed by atoms with Crippen LogP contribution in [0.1, 0.15) is 25.5 Å². The van der Waals surface area contributed by atoms with Crippen LogP contribution in [0.25, 0.3) is 0 Å². The van der Waals surface area contributed by atoms with Gasteiger partial charge in [-0.25, -0.2) is 0 Å². The lowest BCUT2D eigenvalue weighted by atomic mass is 10.1. The molecule has 1 atom stereocenters. The molecule has 0 saturated carbocycles. The lowest BCUT2D eigenvalue weighted by Crippen LogP contribution is -2.31. The molecule has 7 heteroatoms. The van der Waals surface area contributed by atoms with E-state index in [2.05, 4.69) is 10.6 Å². The van der Waals surface area contributed by atoms with Gasteiger partial charge in [0.25, 0.3) is 5.91 Å². The molecule has 5 nitrogen and oxygen atoms in total. The normalized spacial score (nSPS) is 11.5. The summed E-state index contributed by atoms with van der Waals surface area (Å²) in [5.41, 5.74) is 1.44. The highest BCUT2D eigenvalue weighted by molar-refractivity contribution is 6.35. The van der Waals surface area contributed by atoms with Crippen molar-refractivity contribution in [2.24, 2.45) is 0 Å². The zero-order chi connectivity index (χ0) is 18.4. The van der Waals surface area contributed by atoms with Gasteiger partial charge in [0.05, 0.1) is 6.04 Å². The van der Waals surface area contributed by atoms with Crippen LogP contribution in [0.5, 0.6) is 5.75 Å². The number of anilines is 1. The summed E-state index contributed by atoms with van der Waals surface area (Å²) in [5, 5.41) is 6.51. The van der Waals surface area contributed by atoms with Gasteiger partial charge in [-0.3, -0.25) is 9.59 Å². The first-order valence-electron chi connectivity index (χ1n) is 7.60. The van der Waals surface area contributed by atoms with Gasteiger partial charge in [0, 0.05) is 22.7 Å². The van der Waals surface area contributed by atoms with Crippen LogP contribution in [-0.2, 0) is 9.59 Å². The maximum absolute atomic E-state index is 12.0. The van der Waals surface area contributed by atoms with E-state index in [1.54, 1.807) is 42.5 Å². The molecule has 2 aromatic rings. The minimum atomic E-state index is -0.275. The van der Waals surface area contributed by atoms with Gasteiger partial charge in [-0.15, -0.1) is 0 Å². The Balaban J connectivity index is 1.86. The Bertz CT molecular complexity index is 763. The Kier molecular flexibility index (Phi) is 6.67. The molecule has 0 saturated heterocycles. The summed E-state index contributed by atoms with van der Waals surface area (Å²) in [6, 6.07) is 11.6. The number of carbonyl (C=O) groups excluding carboxylic acids is 2. The first-order chi connectivity index (χ1) is 11.8. The average Bonchev–Trinajstić information content (AvgIpc) is 2.53. The lowest BCUT2D eigenvalue weighted by molar-refractivity contribution is -0.123. The summed E-state index contributed by atoms with van der Waals surface area (Å²) in [6.45, 7) is 3.13. The van der Waals surface area contributed by atoms with Crippen molar-refractivity contribution in [3.05, 3.63) is 58.1 Å². The fourth-order valence-corrected chi connectivity index (χ4v) is 2.77. The molecule has 0 aromatic heterocycles. The molecule has 0 heterocycles. The van der Waals surface area contributed by atoms with Crippen LogP contribution < -0.4 is 15.4 Å². The van der Waals surface area contributed by atoms with Gasteiger partial charge < -0.3 is 15.4 Å². The summed E-state index contributed by atoms with van der Waals surface area (Å²) >= 11 is 12.0. The smallest absolute Gasteiger partial charge is 0.258 e. The largest absolute Gasteiger partial charge is 0.484 e. The van der Waals surface area contributed by atoms with Gasteiger partial charge in [0.15, 0.2) is 6.61 Å². The number of halogens is 2. The van der Waals surface area contributed by atoms with Crippen LogP contribution in [0.3, 0.4) is 0 Å². The topological polar surface area (TPSA) is 67.4 Å². The summed E-state index contributed by atoms with van der Waals surface area (Å²) < 4.78 is 5.44. The third-order valence-corrected chi connectivity index (χ3v) is 3.91. The highest BCUT2D eigenvalue weighted by Gasteiger charge is 2.13. The van der Waals surface area contributed by atoms with Gasteiger partial charge in [-0.1, -0.05) is 29.3 Å². The molecular weight excluding hydrogens is 363 g/mol. The second-order valence-corrected chi connectivity index (χ2v) is 6.29. The van der Waals surface area contributed by atoms with Crippen LogP contribution in [0.15, 0.2) is 42.5 Å². The van der Waals surface area contributed by atoms with Crippen LogP contribution in [0, 0.1) is 0 Å². The summed E-state index contributed by atoms with van der Waals surface area (Å²) in [4.78, 5) is 23.0. The van der Waals surface area contributed by atoms with Crippen molar-refractivity contribution in [3.63, 3.8) is 0 Å². The van der Waals surface area contributed by atoms with Gasteiger partial charge in [-0.2, -0.15) is 0 Å². The highest BCUT2D eigenvalue weighted by Crippen LogP contribution is 2.26. The van der Waals surface area contributed by atoms with Crippen LogP contribution >= 0.6 is 23.2 Å². The standard InChI is InChI=1S/C18H18Cl2N2O3/c1-11(16-8-3-13(19)9-17(16)20)21-18(24)10-25-15-6-4-14(5-7-15)22-12(2)23/h3-9,11H,10H2,1-2H3,(H,21,24)(H,22,23). The molecule has 0 spiro atoms. The molecule has 2 amide bonds. The molecule has 0 bridgehead atoms. The van der Waals surface area contributed by atoms with Crippen LogP contribution in [0.4, 0.5) is 5.69 Å². The predicted molar refractivity (Wildman–Crippen MR) is 99.3 cm³/mol. The average molecular weight is 381 g/mol. The van der Waals surface area contributed by atoms with Crippen molar-refractivity contribution in [2.75, 3.05) is 11.9 Å². The number of carbonyl (C=O) groups is 2. The Morgan fingerprint density at radius 1 is 1.12 bits per heavy atom. The van der Waals surface area contributed by atoms with Gasteiger partial charge in [0.2, 0.25) is 5.91 Å². The highest BCUT2D eigenvalue weighted by atomic mass is 35.5. The third kappa shape index (κ3) is 5.96. The van der Waals surface area contributed by atoms with E-state index in [0.717, 1.165) is 5.56 Å². The lowest BCUT2D eigenvalue weighted by Gasteiger charge is -2.16. The molecule has 2 rings (SSSR count). The van der Waals surface area contributed by atoms with E-state index < -0.39 is 0 Å². The fourth-order valence-electron chi connectivity index (χ4n) is 2.20. The minimum absolute atomic E-state index is 0.130. The van der Waals surface area contributed by atoms with Gasteiger partial charge >= 0.3 is 0 Å². The Labute approximate surface area is 156 Å². The molecule has 25 heavy (non-hydrogen) atoms. The predicted octanol–water partition coefficient (Wildman–Crippen LogP) is 4.21. The molecule has 2 aromatic carbocycles. The van der Waals surface area contributed by atoms with E-state index in [9.17, 15) is 9.59 Å². The molecule has 0 aliphatic rings. The van der Waals surface area contributed by atoms with Gasteiger partial charge in [0.1, 0.15) is 5.75 Å². The summed E-state index contributed by atoms with van der Waals surface area (Å²) in [5.74, 6) is 0.105. The van der Waals surface area contributed by atoms with Crippen molar-refractivity contribution >= 4 is 40.7 Å². The Hall–Kier alpha value is -2.24. The minimum Gasteiger partial charge on any atom is -0.484 e. The van der Waals surface area contributed by atoms with E-state index in [1.165, 1.54) is 6.92 Å². The number of nitrogens with one attached hydrogen (secondary N) is 2. The zero-order valence-corrected chi connectivity index (χ0v) is 15.3. The second-order valence-electron chi connectivity index (χ2n) is 5.45. The molecule has 0 aliphatic carbocycles. The first-order valence-corrected chi connectivity index (χ1v) is 8.35. The maximum atomic E-state index is 12.0. The van der Waals surface area contributed by atoms with Crippen molar-refractivity contribution in [3.8, 4) is 5.75 Å². The fraction of sp³-hybridized carbons (Fsp3) is 0.222. The van der Waals surface area contributed by atoms with Crippen LogP contribution in [0.2, 0.25) is 10.0 Å². The van der Waals surface area contributed by atoms with Crippen molar-refractivity contribution in [1.82, 2.24) is 5.32 Å². The third-order valence-electron chi connectivity index (χ3n) is 3.35. The monoisotopic (exact) mass is 380 g/mol. The maximum Gasteiger partial charge on any atom is 0.258 e. The molecular formula is C18H18Cl2N2O3. The van der Waals surface area contributed by atoms with E-state index in [1.807, 2.05) is 6.92 Å². The van der Waals surface area contributed by atoms with E-state index in [4.69, 9.17) is 27.9 Å². The van der Waals surface area contributed by atoms with E-state index >= 15 is 0 Å². The molecule has 1 unspecified atom stereocenters. The van der Waals surface area contributed by atoms with E-state index in [0.29, 0.717) is 21.5 Å². The van der Waals surface area contributed by atoms with Crippen molar-refractivity contribution in [1.29, 1.82) is 0 Å². The number of rotatable bonds is 6. The van der Waals surface area contributed by atoms with Crippen LogP contribution in [-0.4, -0.2) is 18.4 Å².